The SMILES string of the molecule is CC(C)(C)OC(=O)N1CC2[C@@H](C1)C2(C)CO. The van der Waals surface area contributed by atoms with Crippen LogP contribution in [0.25, 0.3) is 0 Å². The summed E-state index contributed by atoms with van der Waals surface area (Å²) in [6.07, 6.45) is -0.222. The van der Waals surface area contributed by atoms with Crippen molar-refractivity contribution >= 4 is 6.09 Å². The minimum atomic E-state index is -0.426. The summed E-state index contributed by atoms with van der Waals surface area (Å²) in [5, 5.41) is 9.25. The second-order valence-corrected chi connectivity index (χ2v) is 6.26. The molecule has 0 radical (unpaired) electrons. The maximum atomic E-state index is 11.8. The number of amides is 1. The van der Waals surface area contributed by atoms with Gasteiger partial charge in [-0.25, -0.2) is 4.79 Å². The predicted octanol–water partition coefficient (Wildman–Crippen LogP) is 1.48. The van der Waals surface area contributed by atoms with Gasteiger partial charge >= 0.3 is 6.09 Å². The van der Waals surface area contributed by atoms with Crippen LogP contribution in [0.1, 0.15) is 27.7 Å². The van der Waals surface area contributed by atoms with E-state index in [0.29, 0.717) is 11.8 Å². The Morgan fingerprint density at radius 3 is 2.31 bits per heavy atom. The Morgan fingerprint density at radius 1 is 1.44 bits per heavy atom. The van der Waals surface area contributed by atoms with Gasteiger partial charge in [-0.3, -0.25) is 0 Å². The molecule has 4 heteroatoms. The van der Waals surface area contributed by atoms with Crippen molar-refractivity contribution in [1.29, 1.82) is 0 Å². The third kappa shape index (κ3) is 1.79. The van der Waals surface area contributed by atoms with Crippen LogP contribution in [0, 0.1) is 17.3 Å². The quantitative estimate of drug-likeness (QED) is 0.738. The van der Waals surface area contributed by atoms with Crippen LogP contribution in [-0.2, 0) is 4.74 Å². The molecule has 1 aliphatic carbocycles. The van der Waals surface area contributed by atoms with E-state index in [9.17, 15) is 9.90 Å². The zero-order valence-electron chi connectivity index (χ0n) is 10.5. The molecule has 4 nitrogen and oxygen atoms in total. The van der Waals surface area contributed by atoms with Gasteiger partial charge in [0.15, 0.2) is 0 Å². The molecule has 92 valence electrons. The second kappa shape index (κ2) is 3.36. The lowest BCUT2D eigenvalue weighted by molar-refractivity contribution is 0.0238. The molecule has 16 heavy (non-hydrogen) atoms. The van der Waals surface area contributed by atoms with Crippen molar-refractivity contribution in [2.24, 2.45) is 17.3 Å². The largest absolute Gasteiger partial charge is 0.444 e. The number of piperidine rings is 1. The summed E-state index contributed by atoms with van der Waals surface area (Å²) in [5.74, 6) is 0.926. The van der Waals surface area contributed by atoms with E-state index < -0.39 is 5.60 Å². The summed E-state index contributed by atoms with van der Waals surface area (Å²) in [6, 6.07) is 0. The summed E-state index contributed by atoms with van der Waals surface area (Å²) in [7, 11) is 0. The molecule has 1 saturated carbocycles. The molecule has 0 bridgehead atoms. The normalized spacial score (nSPS) is 37.2. The highest BCUT2D eigenvalue weighted by atomic mass is 16.6. The molecule has 1 amide bonds. The van der Waals surface area contributed by atoms with Gasteiger partial charge in [0.25, 0.3) is 0 Å². The Kier molecular flexibility index (Phi) is 2.46. The number of ether oxygens (including phenoxy) is 1. The second-order valence-electron chi connectivity index (χ2n) is 6.26. The van der Waals surface area contributed by atoms with E-state index in [1.54, 1.807) is 4.90 Å². The third-order valence-electron chi connectivity index (χ3n) is 3.90. The smallest absolute Gasteiger partial charge is 0.410 e. The van der Waals surface area contributed by atoms with Gasteiger partial charge in [0, 0.05) is 25.1 Å². The van der Waals surface area contributed by atoms with Crippen LogP contribution in [-0.4, -0.2) is 41.4 Å². The van der Waals surface area contributed by atoms with Crippen LogP contribution in [0.4, 0.5) is 4.79 Å². The lowest BCUT2D eigenvalue weighted by Crippen LogP contribution is -2.38. The number of fused-ring (bicyclic) bond motifs is 1. The summed E-state index contributed by atoms with van der Waals surface area (Å²) < 4.78 is 5.32. The summed E-state index contributed by atoms with van der Waals surface area (Å²) in [4.78, 5) is 13.5. The van der Waals surface area contributed by atoms with E-state index in [1.807, 2.05) is 20.8 Å². The first-order valence-corrected chi connectivity index (χ1v) is 5.87. The van der Waals surface area contributed by atoms with E-state index in [0.717, 1.165) is 13.1 Å². The maximum absolute atomic E-state index is 11.8. The van der Waals surface area contributed by atoms with Crippen molar-refractivity contribution in [2.45, 2.75) is 33.3 Å². The maximum Gasteiger partial charge on any atom is 0.410 e. The summed E-state index contributed by atoms with van der Waals surface area (Å²) in [5.41, 5.74) is -0.372. The number of hydrogen-bond donors (Lipinski definition) is 1. The van der Waals surface area contributed by atoms with E-state index in [-0.39, 0.29) is 18.1 Å². The first kappa shape index (κ1) is 11.7. The van der Waals surface area contributed by atoms with Crippen LogP contribution in [0.2, 0.25) is 0 Å². The van der Waals surface area contributed by atoms with Gasteiger partial charge in [0.2, 0.25) is 0 Å². The van der Waals surface area contributed by atoms with Crippen molar-refractivity contribution in [3.05, 3.63) is 0 Å². The minimum Gasteiger partial charge on any atom is -0.444 e. The fourth-order valence-corrected chi connectivity index (χ4v) is 2.70. The van der Waals surface area contributed by atoms with Gasteiger partial charge in [-0.05, 0) is 32.6 Å². The molecule has 3 atom stereocenters. The van der Waals surface area contributed by atoms with E-state index >= 15 is 0 Å². The van der Waals surface area contributed by atoms with Crippen LogP contribution < -0.4 is 0 Å². The molecule has 0 aromatic carbocycles. The van der Waals surface area contributed by atoms with Crippen molar-refractivity contribution < 1.29 is 14.6 Å². The van der Waals surface area contributed by atoms with Crippen LogP contribution in [0.3, 0.4) is 0 Å². The number of carbonyl (C=O) groups is 1. The first-order chi connectivity index (χ1) is 7.28. The van der Waals surface area contributed by atoms with Crippen LogP contribution in [0.15, 0.2) is 0 Å². The van der Waals surface area contributed by atoms with Crippen molar-refractivity contribution in [3.8, 4) is 0 Å². The molecule has 0 aromatic heterocycles. The molecule has 1 N–H and O–H groups in total. The van der Waals surface area contributed by atoms with Crippen LogP contribution >= 0.6 is 0 Å². The molecule has 1 saturated heterocycles. The third-order valence-corrected chi connectivity index (χ3v) is 3.90. The standard InChI is InChI=1S/C12H21NO3/c1-11(2,3)16-10(15)13-5-8-9(6-13)12(8,4)7-14/h8-9,14H,5-7H2,1-4H3/t8-,9?,12?/m1/s1. The zero-order valence-corrected chi connectivity index (χ0v) is 10.5. The Morgan fingerprint density at radius 2 is 1.94 bits per heavy atom. The van der Waals surface area contributed by atoms with Crippen molar-refractivity contribution in [3.63, 3.8) is 0 Å². The van der Waals surface area contributed by atoms with E-state index in [2.05, 4.69) is 6.92 Å². The molecule has 2 rings (SSSR count). The Hall–Kier alpha value is -0.770. The van der Waals surface area contributed by atoms with Gasteiger partial charge in [-0.1, -0.05) is 6.92 Å². The highest BCUT2D eigenvalue weighted by Crippen LogP contribution is 2.62. The number of rotatable bonds is 1. The number of hydrogen-bond acceptors (Lipinski definition) is 3. The molecule has 1 heterocycles. The number of aliphatic hydroxyl groups excluding tert-OH is 1. The average molecular weight is 227 g/mol. The molecule has 2 fully saturated rings. The molecule has 0 aromatic rings. The number of aliphatic hydroxyl groups is 1. The zero-order chi connectivity index (χ0) is 12.1. The molecule has 2 unspecified atom stereocenters. The topological polar surface area (TPSA) is 49.8 Å². The fraction of sp³-hybridized carbons (Fsp3) is 0.917. The highest BCUT2D eigenvalue weighted by Gasteiger charge is 2.65. The fourth-order valence-electron chi connectivity index (χ4n) is 2.70. The molecule has 2 aliphatic rings. The Balaban J connectivity index is 1.87. The highest BCUT2D eigenvalue weighted by molar-refractivity contribution is 5.69. The number of nitrogens with zero attached hydrogens (tertiary/aromatic N) is 1. The molecule has 1 aliphatic heterocycles. The number of likely N-dealkylation sites (tertiary alicyclic amines) is 1. The van der Waals surface area contributed by atoms with E-state index in [4.69, 9.17) is 4.74 Å². The Bertz CT molecular complexity index is 296. The molecular weight excluding hydrogens is 206 g/mol. The van der Waals surface area contributed by atoms with Gasteiger partial charge in [-0.2, -0.15) is 0 Å². The molecular formula is C12H21NO3. The summed E-state index contributed by atoms with van der Waals surface area (Å²) >= 11 is 0. The summed E-state index contributed by atoms with van der Waals surface area (Å²) in [6.45, 7) is 9.41. The van der Waals surface area contributed by atoms with Gasteiger partial charge < -0.3 is 14.7 Å². The van der Waals surface area contributed by atoms with Crippen molar-refractivity contribution in [1.82, 2.24) is 4.90 Å². The predicted molar refractivity (Wildman–Crippen MR) is 60.0 cm³/mol. The molecule has 0 spiro atoms. The van der Waals surface area contributed by atoms with Gasteiger partial charge in [-0.15, -0.1) is 0 Å². The Labute approximate surface area is 96.6 Å². The van der Waals surface area contributed by atoms with Crippen LogP contribution in [0.5, 0.6) is 0 Å². The number of carbonyl (C=O) groups excluding carboxylic acids is 1. The van der Waals surface area contributed by atoms with Gasteiger partial charge in [0.05, 0.1) is 0 Å². The monoisotopic (exact) mass is 227 g/mol. The first-order valence-electron chi connectivity index (χ1n) is 5.87. The van der Waals surface area contributed by atoms with Crippen molar-refractivity contribution in [2.75, 3.05) is 19.7 Å². The lowest BCUT2D eigenvalue weighted by atomic mass is 10.0. The average Bonchev–Trinajstić information content (AvgIpc) is 2.59. The minimum absolute atomic E-state index is 0.0541. The van der Waals surface area contributed by atoms with Gasteiger partial charge in [0.1, 0.15) is 5.60 Å². The van der Waals surface area contributed by atoms with E-state index in [1.165, 1.54) is 0 Å². The lowest BCUT2D eigenvalue weighted by Gasteiger charge is -2.27.